The minimum atomic E-state index is 0.356. The number of aldehydes is 1. The Kier molecular flexibility index (Phi) is 3.26. The van der Waals surface area contributed by atoms with Crippen LogP contribution in [0.3, 0.4) is 0 Å². The van der Waals surface area contributed by atoms with Crippen LogP contribution in [0.5, 0.6) is 0 Å². The van der Waals surface area contributed by atoms with E-state index in [4.69, 9.17) is 4.74 Å². The number of nitrogens with zero attached hydrogens (tertiary/aromatic N) is 5. The third-order valence-electron chi connectivity index (χ3n) is 3.01. The largest absolute Gasteiger partial charge is 0.378 e. The molecule has 3 rings (SSSR count). The fourth-order valence-electron chi connectivity index (χ4n) is 2.05. The minimum Gasteiger partial charge on any atom is -0.378 e. The summed E-state index contributed by atoms with van der Waals surface area (Å²) in [5.41, 5.74) is 0.699. The number of carbonyl (C=O) groups excluding carboxylic acids is 1. The Hall–Kier alpha value is -1.80. The van der Waals surface area contributed by atoms with E-state index < -0.39 is 0 Å². The van der Waals surface area contributed by atoms with E-state index in [1.54, 1.807) is 13.4 Å². The molecule has 0 unspecified atom stereocenters. The Balaban J connectivity index is 1.85. The number of rotatable bonds is 4. The van der Waals surface area contributed by atoms with Gasteiger partial charge in [-0.3, -0.25) is 4.79 Å². The lowest BCUT2D eigenvalue weighted by Gasteiger charge is -2.26. The highest BCUT2D eigenvalue weighted by atomic mass is 32.1. The number of hydrogen-bond acceptors (Lipinski definition) is 7. The Morgan fingerprint density at radius 3 is 3.21 bits per heavy atom. The van der Waals surface area contributed by atoms with Crippen molar-refractivity contribution in [1.82, 2.24) is 19.7 Å². The van der Waals surface area contributed by atoms with Crippen LogP contribution in [-0.2, 0) is 24.4 Å². The topological polar surface area (TPSA) is 73.1 Å². The molecule has 1 aliphatic rings. The molecule has 1 aliphatic heterocycles. The zero-order chi connectivity index (χ0) is 13.2. The predicted molar refractivity (Wildman–Crippen MR) is 69.3 cm³/mol. The SMILES string of the molecule is COCc1nc(N2CCn3cnnc3C2)sc1C=O. The Morgan fingerprint density at radius 2 is 2.42 bits per heavy atom. The molecule has 0 saturated heterocycles. The molecule has 0 atom stereocenters. The van der Waals surface area contributed by atoms with Crippen LogP contribution in [0, 0.1) is 0 Å². The number of thiazole rings is 1. The van der Waals surface area contributed by atoms with Crippen molar-refractivity contribution >= 4 is 22.8 Å². The first-order valence-corrected chi connectivity index (χ1v) is 6.69. The lowest BCUT2D eigenvalue weighted by Crippen LogP contribution is -2.33. The fourth-order valence-corrected chi connectivity index (χ4v) is 2.96. The van der Waals surface area contributed by atoms with Crippen LogP contribution in [-0.4, -0.2) is 39.7 Å². The smallest absolute Gasteiger partial charge is 0.186 e. The summed E-state index contributed by atoms with van der Waals surface area (Å²) in [6.45, 7) is 2.69. The summed E-state index contributed by atoms with van der Waals surface area (Å²) < 4.78 is 7.08. The first-order valence-electron chi connectivity index (χ1n) is 5.87. The summed E-state index contributed by atoms with van der Waals surface area (Å²) in [5.74, 6) is 0.919. The Morgan fingerprint density at radius 1 is 1.53 bits per heavy atom. The van der Waals surface area contributed by atoms with Gasteiger partial charge in [0.2, 0.25) is 0 Å². The first-order chi connectivity index (χ1) is 9.31. The van der Waals surface area contributed by atoms with Crippen molar-refractivity contribution in [3.63, 3.8) is 0 Å². The molecule has 0 N–H and O–H groups in total. The molecule has 0 fully saturated rings. The first kappa shape index (κ1) is 12.2. The molecule has 0 bridgehead atoms. The third-order valence-corrected chi connectivity index (χ3v) is 4.10. The van der Waals surface area contributed by atoms with Crippen molar-refractivity contribution in [3.8, 4) is 0 Å². The Bertz CT molecular complexity index is 594. The summed E-state index contributed by atoms with van der Waals surface area (Å²) in [7, 11) is 1.59. The summed E-state index contributed by atoms with van der Waals surface area (Å²) in [4.78, 5) is 18.2. The molecule has 100 valence electrons. The van der Waals surface area contributed by atoms with Gasteiger partial charge in [0.25, 0.3) is 0 Å². The number of aromatic nitrogens is 4. The zero-order valence-corrected chi connectivity index (χ0v) is 11.3. The number of methoxy groups -OCH3 is 1. The molecule has 0 spiro atoms. The van der Waals surface area contributed by atoms with Crippen LogP contribution in [0.4, 0.5) is 5.13 Å². The number of hydrogen-bond donors (Lipinski definition) is 0. The third kappa shape index (κ3) is 2.24. The van der Waals surface area contributed by atoms with Crippen LogP contribution >= 0.6 is 11.3 Å². The monoisotopic (exact) mass is 279 g/mol. The van der Waals surface area contributed by atoms with E-state index in [0.29, 0.717) is 23.7 Å². The molecule has 2 aromatic rings. The molecule has 0 aliphatic carbocycles. The van der Waals surface area contributed by atoms with Gasteiger partial charge < -0.3 is 14.2 Å². The second kappa shape index (κ2) is 5.06. The quantitative estimate of drug-likeness (QED) is 0.768. The second-order valence-corrected chi connectivity index (χ2v) is 5.23. The molecule has 0 saturated carbocycles. The number of fused-ring (bicyclic) bond motifs is 1. The molecule has 3 heterocycles. The van der Waals surface area contributed by atoms with E-state index in [0.717, 1.165) is 30.3 Å². The molecule has 0 amide bonds. The van der Waals surface area contributed by atoms with Crippen molar-refractivity contribution in [3.05, 3.63) is 22.7 Å². The lowest BCUT2D eigenvalue weighted by molar-refractivity contribution is 0.112. The maximum Gasteiger partial charge on any atom is 0.186 e. The average molecular weight is 279 g/mol. The van der Waals surface area contributed by atoms with Gasteiger partial charge in [0, 0.05) is 20.2 Å². The van der Waals surface area contributed by atoms with Gasteiger partial charge in [0.1, 0.15) is 6.33 Å². The van der Waals surface area contributed by atoms with Crippen LogP contribution in [0.15, 0.2) is 6.33 Å². The van der Waals surface area contributed by atoms with Crippen molar-refractivity contribution in [2.75, 3.05) is 18.6 Å². The summed E-state index contributed by atoms with van der Waals surface area (Å²) in [5, 5.41) is 8.80. The van der Waals surface area contributed by atoms with Crippen molar-refractivity contribution in [2.24, 2.45) is 0 Å². The number of carbonyl (C=O) groups is 1. The van der Waals surface area contributed by atoms with Gasteiger partial charge in [0.05, 0.1) is 23.7 Å². The van der Waals surface area contributed by atoms with Gasteiger partial charge in [-0.05, 0) is 0 Å². The maximum absolute atomic E-state index is 11.0. The highest BCUT2D eigenvalue weighted by Gasteiger charge is 2.21. The van der Waals surface area contributed by atoms with Gasteiger partial charge >= 0.3 is 0 Å². The van der Waals surface area contributed by atoms with E-state index in [9.17, 15) is 4.79 Å². The fraction of sp³-hybridized carbons (Fsp3) is 0.455. The molecular weight excluding hydrogens is 266 g/mol. The van der Waals surface area contributed by atoms with Crippen LogP contribution in [0.2, 0.25) is 0 Å². The van der Waals surface area contributed by atoms with Crippen molar-refractivity contribution in [2.45, 2.75) is 19.7 Å². The predicted octanol–water partition coefficient (Wildman–Crippen LogP) is 0.714. The average Bonchev–Trinajstić information content (AvgIpc) is 3.04. The Labute approximate surface area is 113 Å². The molecule has 0 aromatic carbocycles. The molecule has 2 aromatic heterocycles. The summed E-state index contributed by atoms with van der Waals surface area (Å²) >= 11 is 1.39. The van der Waals surface area contributed by atoms with Gasteiger partial charge in [-0.2, -0.15) is 0 Å². The molecule has 8 heteroatoms. The van der Waals surface area contributed by atoms with Crippen molar-refractivity contribution in [1.29, 1.82) is 0 Å². The van der Waals surface area contributed by atoms with E-state index in [1.165, 1.54) is 11.3 Å². The van der Waals surface area contributed by atoms with Crippen LogP contribution in [0.1, 0.15) is 21.2 Å². The number of anilines is 1. The normalized spacial score (nSPS) is 14.5. The molecule has 7 nitrogen and oxygen atoms in total. The molecule has 19 heavy (non-hydrogen) atoms. The zero-order valence-electron chi connectivity index (χ0n) is 10.4. The van der Waals surface area contributed by atoms with Gasteiger partial charge in [-0.1, -0.05) is 11.3 Å². The van der Waals surface area contributed by atoms with E-state index in [1.807, 2.05) is 4.57 Å². The van der Waals surface area contributed by atoms with Crippen LogP contribution < -0.4 is 4.90 Å². The van der Waals surface area contributed by atoms with Crippen LogP contribution in [0.25, 0.3) is 0 Å². The van der Waals surface area contributed by atoms with Gasteiger partial charge in [-0.15, -0.1) is 10.2 Å². The maximum atomic E-state index is 11.0. The van der Waals surface area contributed by atoms with Crippen molar-refractivity contribution < 1.29 is 9.53 Å². The van der Waals surface area contributed by atoms with E-state index in [2.05, 4.69) is 20.1 Å². The number of ether oxygens (including phenoxy) is 1. The minimum absolute atomic E-state index is 0.356. The lowest BCUT2D eigenvalue weighted by atomic mass is 10.4. The standard InChI is InChI=1S/C11H13N5O2S/c1-18-6-8-9(5-17)19-11(13-8)15-2-3-16-7-12-14-10(16)4-15/h5,7H,2-4,6H2,1H3. The second-order valence-electron chi connectivity index (χ2n) is 4.22. The molecule has 0 radical (unpaired) electrons. The summed E-state index contributed by atoms with van der Waals surface area (Å²) in [6.07, 6.45) is 2.57. The summed E-state index contributed by atoms with van der Waals surface area (Å²) in [6, 6.07) is 0. The van der Waals surface area contributed by atoms with Gasteiger partial charge in [0.15, 0.2) is 17.2 Å². The van der Waals surface area contributed by atoms with Gasteiger partial charge in [-0.25, -0.2) is 4.98 Å². The van der Waals surface area contributed by atoms with E-state index in [-0.39, 0.29) is 0 Å². The highest BCUT2D eigenvalue weighted by Crippen LogP contribution is 2.28. The van der Waals surface area contributed by atoms with E-state index >= 15 is 0 Å². The molecular formula is C11H13N5O2S. The highest BCUT2D eigenvalue weighted by molar-refractivity contribution is 7.17.